The Labute approximate surface area is 90.9 Å². The van der Waals surface area contributed by atoms with Gasteiger partial charge < -0.3 is 5.11 Å². The van der Waals surface area contributed by atoms with E-state index in [1.165, 1.54) is 9.13 Å². The molecule has 3 heteroatoms. The highest BCUT2D eigenvalue weighted by Crippen LogP contribution is 2.18. The molecular formula is C9H10ClIO. The van der Waals surface area contributed by atoms with Gasteiger partial charge in [0.1, 0.15) is 0 Å². The lowest BCUT2D eigenvalue weighted by atomic mass is 10.1. The molecule has 0 aliphatic rings. The van der Waals surface area contributed by atoms with Gasteiger partial charge >= 0.3 is 0 Å². The third kappa shape index (κ3) is 2.92. The second-order valence-electron chi connectivity index (χ2n) is 2.56. The molecule has 0 atom stereocenters. The van der Waals surface area contributed by atoms with Crippen LogP contribution in [0.5, 0.6) is 0 Å². The van der Waals surface area contributed by atoms with Gasteiger partial charge in [0.2, 0.25) is 0 Å². The minimum absolute atomic E-state index is 0.239. The summed E-state index contributed by atoms with van der Waals surface area (Å²) < 4.78 is 1.21. The standard InChI is InChI=1S/C9H10ClIO/c10-8-3-4-9(11)7(6-8)2-1-5-12/h3-4,6,12H,1-2,5H2. The first kappa shape index (κ1) is 10.3. The van der Waals surface area contributed by atoms with E-state index < -0.39 is 0 Å². The first-order valence-electron chi connectivity index (χ1n) is 3.79. The summed E-state index contributed by atoms with van der Waals surface area (Å²) in [5, 5.41) is 9.42. The number of hydrogen-bond donors (Lipinski definition) is 1. The van der Waals surface area contributed by atoms with Crippen molar-refractivity contribution in [1.82, 2.24) is 0 Å². The lowest BCUT2D eigenvalue weighted by Gasteiger charge is -2.03. The van der Waals surface area contributed by atoms with Crippen molar-refractivity contribution >= 4 is 34.2 Å². The van der Waals surface area contributed by atoms with E-state index in [0.29, 0.717) is 0 Å². The zero-order chi connectivity index (χ0) is 8.97. The highest BCUT2D eigenvalue weighted by Gasteiger charge is 1.99. The monoisotopic (exact) mass is 296 g/mol. The fraction of sp³-hybridized carbons (Fsp3) is 0.333. The van der Waals surface area contributed by atoms with E-state index in [1.807, 2.05) is 18.2 Å². The SMILES string of the molecule is OCCCc1cc(Cl)ccc1I. The Balaban J connectivity index is 2.75. The molecule has 0 spiro atoms. The second-order valence-corrected chi connectivity index (χ2v) is 4.16. The molecule has 1 aromatic rings. The molecule has 0 radical (unpaired) electrons. The predicted octanol–water partition coefficient (Wildman–Crippen LogP) is 2.87. The molecule has 0 heterocycles. The lowest BCUT2D eigenvalue weighted by molar-refractivity contribution is 0.288. The summed E-state index contributed by atoms with van der Waals surface area (Å²) in [6.07, 6.45) is 1.70. The number of halogens is 2. The second kappa shape index (κ2) is 5.04. The average Bonchev–Trinajstić information content (AvgIpc) is 2.07. The molecule has 1 N–H and O–H groups in total. The van der Waals surface area contributed by atoms with Crippen molar-refractivity contribution in [1.29, 1.82) is 0 Å². The van der Waals surface area contributed by atoms with Crippen LogP contribution in [0.15, 0.2) is 18.2 Å². The molecule has 0 aliphatic heterocycles. The van der Waals surface area contributed by atoms with Gasteiger partial charge in [0.05, 0.1) is 0 Å². The Morgan fingerprint density at radius 2 is 2.17 bits per heavy atom. The van der Waals surface area contributed by atoms with Gasteiger partial charge in [0.15, 0.2) is 0 Å². The van der Waals surface area contributed by atoms with E-state index in [4.69, 9.17) is 16.7 Å². The molecule has 0 unspecified atom stereocenters. The van der Waals surface area contributed by atoms with Crippen LogP contribution in [0.3, 0.4) is 0 Å². The third-order valence-corrected chi connectivity index (χ3v) is 2.90. The quantitative estimate of drug-likeness (QED) is 0.851. The van der Waals surface area contributed by atoms with Crippen LogP contribution < -0.4 is 0 Å². The third-order valence-electron chi connectivity index (χ3n) is 1.61. The van der Waals surface area contributed by atoms with Gasteiger partial charge in [0, 0.05) is 15.2 Å². The van der Waals surface area contributed by atoms with Gasteiger partial charge in [0.25, 0.3) is 0 Å². The molecule has 1 rings (SSSR count). The van der Waals surface area contributed by atoms with Crippen LogP contribution in [0.2, 0.25) is 5.02 Å². The van der Waals surface area contributed by atoms with Gasteiger partial charge in [-0.1, -0.05) is 11.6 Å². The van der Waals surface area contributed by atoms with Crippen LogP contribution >= 0.6 is 34.2 Å². The van der Waals surface area contributed by atoms with Gasteiger partial charge in [-0.15, -0.1) is 0 Å². The summed E-state index contributed by atoms with van der Waals surface area (Å²) in [6.45, 7) is 0.239. The molecule has 1 nitrogen and oxygen atoms in total. The van der Waals surface area contributed by atoms with E-state index in [9.17, 15) is 0 Å². The molecule has 0 amide bonds. The van der Waals surface area contributed by atoms with Crippen LogP contribution in [0.1, 0.15) is 12.0 Å². The zero-order valence-electron chi connectivity index (χ0n) is 6.56. The largest absolute Gasteiger partial charge is 0.396 e. The van der Waals surface area contributed by atoms with Crippen molar-refractivity contribution in [2.24, 2.45) is 0 Å². The van der Waals surface area contributed by atoms with Crippen LogP contribution in [-0.4, -0.2) is 11.7 Å². The number of aliphatic hydroxyl groups excluding tert-OH is 1. The summed E-state index contributed by atoms with van der Waals surface area (Å²) in [4.78, 5) is 0. The maximum Gasteiger partial charge on any atom is 0.0434 e. The van der Waals surface area contributed by atoms with Crippen molar-refractivity contribution in [2.75, 3.05) is 6.61 Å². The molecule has 0 bridgehead atoms. The Morgan fingerprint density at radius 3 is 2.83 bits per heavy atom. The fourth-order valence-corrected chi connectivity index (χ4v) is 1.80. The van der Waals surface area contributed by atoms with Gasteiger partial charge in [-0.3, -0.25) is 0 Å². The molecule has 0 aliphatic carbocycles. The first-order valence-corrected chi connectivity index (χ1v) is 5.24. The van der Waals surface area contributed by atoms with Crippen molar-refractivity contribution in [2.45, 2.75) is 12.8 Å². The Kier molecular flexibility index (Phi) is 4.32. The molecular weight excluding hydrogens is 286 g/mol. The highest BCUT2D eigenvalue weighted by molar-refractivity contribution is 14.1. The lowest BCUT2D eigenvalue weighted by Crippen LogP contribution is -1.92. The van der Waals surface area contributed by atoms with Crippen molar-refractivity contribution in [3.8, 4) is 0 Å². The summed E-state index contributed by atoms with van der Waals surface area (Å²) in [5.41, 5.74) is 1.22. The molecule has 66 valence electrons. The fourth-order valence-electron chi connectivity index (χ4n) is 1.00. The van der Waals surface area contributed by atoms with Gasteiger partial charge in [-0.25, -0.2) is 0 Å². The Bertz CT molecular complexity index is 263. The van der Waals surface area contributed by atoms with Gasteiger partial charge in [-0.2, -0.15) is 0 Å². The van der Waals surface area contributed by atoms with Crippen LogP contribution in [0.25, 0.3) is 0 Å². The minimum atomic E-state index is 0.239. The number of benzene rings is 1. The maximum atomic E-state index is 8.65. The van der Waals surface area contributed by atoms with E-state index in [2.05, 4.69) is 22.6 Å². The van der Waals surface area contributed by atoms with E-state index in [1.54, 1.807) is 0 Å². The number of aliphatic hydroxyl groups is 1. The summed E-state index contributed by atoms with van der Waals surface area (Å²) in [6, 6.07) is 5.83. The highest BCUT2D eigenvalue weighted by atomic mass is 127. The van der Waals surface area contributed by atoms with Gasteiger partial charge in [-0.05, 0) is 59.2 Å². The van der Waals surface area contributed by atoms with Crippen molar-refractivity contribution < 1.29 is 5.11 Å². The number of rotatable bonds is 3. The number of aryl methyl sites for hydroxylation is 1. The molecule has 0 saturated carbocycles. The van der Waals surface area contributed by atoms with E-state index in [0.717, 1.165) is 17.9 Å². The van der Waals surface area contributed by atoms with Crippen molar-refractivity contribution in [3.05, 3.63) is 32.4 Å². The normalized spacial score (nSPS) is 10.2. The van der Waals surface area contributed by atoms with Crippen LogP contribution in [0.4, 0.5) is 0 Å². The summed E-state index contributed by atoms with van der Waals surface area (Å²) in [5.74, 6) is 0. The van der Waals surface area contributed by atoms with Crippen LogP contribution in [0, 0.1) is 3.57 Å². The number of hydrogen-bond acceptors (Lipinski definition) is 1. The minimum Gasteiger partial charge on any atom is -0.396 e. The average molecular weight is 297 g/mol. The Hall–Kier alpha value is 0.200. The summed E-state index contributed by atoms with van der Waals surface area (Å²) in [7, 11) is 0. The smallest absolute Gasteiger partial charge is 0.0434 e. The topological polar surface area (TPSA) is 20.2 Å². The Morgan fingerprint density at radius 1 is 1.42 bits per heavy atom. The molecule has 12 heavy (non-hydrogen) atoms. The molecule has 1 aromatic carbocycles. The predicted molar refractivity (Wildman–Crippen MR) is 59.6 cm³/mol. The first-order chi connectivity index (χ1) is 5.74. The van der Waals surface area contributed by atoms with E-state index in [-0.39, 0.29) is 6.61 Å². The molecule has 0 aromatic heterocycles. The van der Waals surface area contributed by atoms with E-state index >= 15 is 0 Å². The van der Waals surface area contributed by atoms with Crippen LogP contribution in [-0.2, 0) is 6.42 Å². The summed E-state index contributed by atoms with van der Waals surface area (Å²) >= 11 is 8.11. The zero-order valence-corrected chi connectivity index (χ0v) is 9.47. The maximum absolute atomic E-state index is 8.65. The van der Waals surface area contributed by atoms with Crippen molar-refractivity contribution in [3.63, 3.8) is 0 Å². The molecule has 0 fully saturated rings. The molecule has 0 saturated heterocycles.